The fourth-order valence-corrected chi connectivity index (χ4v) is 2.53. The number of carbonyl (C=O) groups is 2. The molecule has 0 aliphatic carbocycles. The van der Waals surface area contributed by atoms with E-state index in [9.17, 15) is 27.2 Å². The summed E-state index contributed by atoms with van der Waals surface area (Å²) in [6.45, 7) is 1.15. The van der Waals surface area contributed by atoms with Crippen LogP contribution in [0.15, 0.2) is 53.1 Å². The highest BCUT2D eigenvalue weighted by Crippen LogP contribution is 2.37. The number of alkyl halides is 3. The Balaban J connectivity index is 1.87. The third-order valence-electron chi connectivity index (χ3n) is 3.78. The molecule has 10 heteroatoms. The molecule has 6 nitrogen and oxygen atoms in total. The van der Waals surface area contributed by atoms with Crippen LogP contribution in [0.2, 0.25) is 0 Å². The molecule has 0 saturated heterocycles. The minimum absolute atomic E-state index is 0.0506. The van der Waals surface area contributed by atoms with Crippen molar-refractivity contribution in [2.45, 2.75) is 13.1 Å². The second kappa shape index (κ2) is 7.74. The van der Waals surface area contributed by atoms with Gasteiger partial charge in [-0.3, -0.25) is 9.59 Å². The van der Waals surface area contributed by atoms with E-state index in [0.717, 1.165) is 19.1 Å². The Bertz CT molecular complexity index is 1080. The van der Waals surface area contributed by atoms with Crippen molar-refractivity contribution in [3.63, 3.8) is 0 Å². The van der Waals surface area contributed by atoms with Crippen molar-refractivity contribution in [1.29, 1.82) is 0 Å². The Morgan fingerprint density at radius 1 is 1.03 bits per heavy atom. The van der Waals surface area contributed by atoms with E-state index in [2.05, 4.69) is 15.8 Å². The highest BCUT2D eigenvalue weighted by Gasteiger charge is 2.34. The van der Waals surface area contributed by atoms with E-state index >= 15 is 0 Å². The van der Waals surface area contributed by atoms with Crippen molar-refractivity contribution >= 4 is 23.2 Å². The molecule has 0 saturated carbocycles. The molecule has 2 aromatic carbocycles. The summed E-state index contributed by atoms with van der Waals surface area (Å²) in [6.07, 6.45) is -4.79. The number of nitrogens with one attached hydrogen (secondary N) is 2. The number of nitrogens with zero attached hydrogens (tertiary/aromatic N) is 1. The summed E-state index contributed by atoms with van der Waals surface area (Å²) in [5, 5.41) is 7.83. The lowest BCUT2D eigenvalue weighted by Gasteiger charge is -2.15. The quantitative estimate of drug-likeness (QED) is 0.614. The summed E-state index contributed by atoms with van der Waals surface area (Å²) < 4.78 is 58.8. The molecule has 29 heavy (non-hydrogen) atoms. The number of benzene rings is 2. The van der Waals surface area contributed by atoms with Crippen LogP contribution in [0, 0.1) is 5.82 Å². The summed E-state index contributed by atoms with van der Waals surface area (Å²) in [5.41, 5.74) is -2.05. The lowest BCUT2D eigenvalue weighted by atomic mass is 10.1. The largest absolute Gasteiger partial charge is 0.418 e. The number of anilines is 2. The van der Waals surface area contributed by atoms with Gasteiger partial charge in [0.15, 0.2) is 11.5 Å². The molecule has 0 radical (unpaired) electrons. The number of halogens is 4. The third-order valence-corrected chi connectivity index (χ3v) is 3.78. The van der Waals surface area contributed by atoms with Crippen LogP contribution in [0.3, 0.4) is 0 Å². The Kier molecular flexibility index (Phi) is 5.35. The molecule has 2 N–H and O–H groups in total. The molecule has 3 rings (SSSR count). The zero-order chi connectivity index (χ0) is 21.2. The van der Waals surface area contributed by atoms with Gasteiger partial charge < -0.3 is 15.2 Å². The minimum Gasteiger partial charge on any atom is -0.355 e. The van der Waals surface area contributed by atoms with Gasteiger partial charge in [0, 0.05) is 18.7 Å². The van der Waals surface area contributed by atoms with Gasteiger partial charge in [-0.05, 0) is 30.3 Å². The van der Waals surface area contributed by atoms with E-state index in [1.807, 2.05) is 0 Å². The van der Waals surface area contributed by atoms with Gasteiger partial charge in [-0.15, -0.1) is 0 Å². The number of amides is 2. The lowest BCUT2D eigenvalue weighted by molar-refractivity contribution is -0.137. The topological polar surface area (TPSA) is 84.2 Å². The summed E-state index contributed by atoms with van der Waals surface area (Å²) >= 11 is 0. The Morgan fingerprint density at radius 2 is 1.76 bits per heavy atom. The fraction of sp³-hybridized carbons (Fsp3) is 0.105. The highest BCUT2D eigenvalue weighted by molar-refractivity contribution is 6.04. The number of rotatable bonds is 4. The van der Waals surface area contributed by atoms with Gasteiger partial charge in [0.25, 0.3) is 5.91 Å². The molecule has 0 fully saturated rings. The Hall–Kier alpha value is -3.69. The fourth-order valence-electron chi connectivity index (χ4n) is 2.53. The van der Waals surface area contributed by atoms with Crippen molar-refractivity contribution in [3.8, 4) is 11.3 Å². The zero-order valence-corrected chi connectivity index (χ0v) is 14.8. The van der Waals surface area contributed by atoms with Crippen molar-refractivity contribution in [2.75, 3.05) is 10.6 Å². The maximum atomic E-state index is 13.8. The number of aromatic nitrogens is 1. The standard InChI is InChI=1S/C19H13F4N3O3/c1-10(27)24-11-6-7-15(13(8-11)19(21,22)23)25-18(28)16-9-17(29-26-16)12-4-2-3-5-14(12)20/h2-9H,1H3,(H,24,27)(H,25,28). The van der Waals surface area contributed by atoms with Gasteiger partial charge in [-0.1, -0.05) is 17.3 Å². The maximum absolute atomic E-state index is 13.8. The second-order valence-electron chi connectivity index (χ2n) is 5.95. The van der Waals surface area contributed by atoms with Crippen molar-refractivity contribution in [3.05, 3.63) is 65.6 Å². The van der Waals surface area contributed by atoms with Crippen LogP contribution in [0.1, 0.15) is 23.0 Å². The van der Waals surface area contributed by atoms with E-state index in [0.29, 0.717) is 6.07 Å². The molecule has 150 valence electrons. The first-order valence-corrected chi connectivity index (χ1v) is 8.17. The summed E-state index contributed by atoms with van der Waals surface area (Å²) in [7, 11) is 0. The Morgan fingerprint density at radius 3 is 2.41 bits per heavy atom. The molecule has 0 atom stereocenters. The van der Waals surface area contributed by atoms with Gasteiger partial charge in [0.2, 0.25) is 5.91 Å². The van der Waals surface area contributed by atoms with Crippen LogP contribution in [0.25, 0.3) is 11.3 Å². The lowest BCUT2D eigenvalue weighted by Crippen LogP contribution is -2.17. The molecule has 0 aliphatic heterocycles. The monoisotopic (exact) mass is 407 g/mol. The number of hydrogen-bond acceptors (Lipinski definition) is 4. The molecule has 1 aromatic heterocycles. The summed E-state index contributed by atoms with van der Waals surface area (Å²) in [6, 6.07) is 9.63. The van der Waals surface area contributed by atoms with Gasteiger partial charge in [-0.2, -0.15) is 13.2 Å². The van der Waals surface area contributed by atoms with E-state index in [4.69, 9.17) is 4.52 Å². The molecule has 2 amide bonds. The number of carbonyl (C=O) groups excluding carboxylic acids is 2. The van der Waals surface area contributed by atoms with E-state index in [-0.39, 0.29) is 22.7 Å². The second-order valence-corrected chi connectivity index (χ2v) is 5.95. The third kappa shape index (κ3) is 4.60. The highest BCUT2D eigenvalue weighted by atomic mass is 19.4. The van der Waals surface area contributed by atoms with E-state index in [1.165, 1.54) is 24.3 Å². The van der Waals surface area contributed by atoms with E-state index in [1.54, 1.807) is 6.07 Å². The Labute approximate surface area is 161 Å². The van der Waals surface area contributed by atoms with Crippen molar-refractivity contribution in [2.24, 2.45) is 0 Å². The smallest absolute Gasteiger partial charge is 0.355 e. The molecule has 0 bridgehead atoms. The number of hydrogen-bond donors (Lipinski definition) is 2. The molecular formula is C19H13F4N3O3. The SMILES string of the molecule is CC(=O)Nc1ccc(NC(=O)c2cc(-c3ccccc3F)on2)c(C(F)(F)F)c1. The van der Waals surface area contributed by atoms with Crippen LogP contribution >= 0.6 is 0 Å². The van der Waals surface area contributed by atoms with Crippen LogP contribution in [-0.2, 0) is 11.0 Å². The molecule has 0 aliphatic rings. The van der Waals surface area contributed by atoms with Gasteiger partial charge in [0.1, 0.15) is 5.82 Å². The average molecular weight is 407 g/mol. The predicted octanol–water partition coefficient (Wildman–Crippen LogP) is 4.71. The first kappa shape index (κ1) is 20.1. The van der Waals surface area contributed by atoms with Crippen LogP contribution in [-0.4, -0.2) is 17.0 Å². The van der Waals surface area contributed by atoms with Gasteiger partial charge in [0.05, 0.1) is 16.8 Å². The molecule has 1 heterocycles. The average Bonchev–Trinajstić information content (AvgIpc) is 3.12. The molecule has 0 spiro atoms. The molecule has 3 aromatic rings. The minimum atomic E-state index is -4.79. The maximum Gasteiger partial charge on any atom is 0.418 e. The van der Waals surface area contributed by atoms with Gasteiger partial charge >= 0.3 is 6.18 Å². The molecular weight excluding hydrogens is 394 g/mol. The zero-order valence-electron chi connectivity index (χ0n) is 14.8. The van der Waals surface area contributed by atoms with Gasteiger partial charge in [-0.25, -0.2) is 4.39 Å². The van der Waals surface area contributed by atoms with Crippen LogP contribution < -0.4 is 10.6 Å². The van der Waals surface area contributed by atoms with Crippen molar-refractivity contribution in [1.82, 2.24) is 5.16 Å². The van der Waals surface area contributed by atoms with Crippen LogP contribution in [0.5, 0.6) is 0 Å². The first-order valence-electron chi connectivity index (χ1n) is 8.17. The van der Waals surface area contributed by atoms with E-state index < -0.39 is 35.1 Å². The normalized spacial score (nSPS) is 11.2. The summed E-state index contributed by atoms with van der Waals surface area (Å²) in [4.78, 5) is 23.4. The molecule has 0 unspecified atom stereocenters. The summed E-state index contributed by atoms with van der Waals surface area (Å²) in [5.74, 6) is -2.18. The van der Waals surface area contributed by atoms with Crippen LogP contribution in [0.4, 0.5) is 28.9 Å². The predicted molar refractivity (Wildman–Crippen MR) is 95.6 cm³/mol. The first-order chi connectivity index (χ1) is 13.6. The van der Waals surface area contributed by atoms with Crippen molar-refractivity contribution < 1.29 is 31.7 Å².